The van der Waals surface area contributed by atoms with E-state index < -0.39 is 0 Å². The first-order chi connectivity index (χ1) is 7.38. The molecule has 1 aliphatic rings. The second-order valence-electron chi connectivity index (χ2n) is 3.74. The fraction of sp³-hybridized carbons (Fsp3) is 0.417. The van der Waals surface area contributed by atoms with Gasteiger partial charge in [-0.1, -0.05) is 12.1 Å². The summed E-state index contributed by atoms with van der Waals surface area (Å²) in [6.45, 7) is 0. The Hall–Kier alpha value is -1.14. The molecular formula is C12H14N2S. The molecule has 1 fully saturated rings. The van der Waals surface area contributed by atoms with E-state index in [1.54, 1.807) is 0 Å². The Balaban J connectivity index is 1.94. The van der Waals surface area contributed by atoms with Crippen molar-refractivity contribution in [3.63, 3.8) is 0 Å². The van der Waals surface area contributed by atoms with Gasteiger partial charge >= 0.3 is 0 Å². The first kappa shape index (κ1) is 10.4. The van der Waals surface area contributed by atoms with E-state index in [1.165, 1.54) is 23.6 Å². The topological polar surface area (TPSA) is 35.8 Å². The smallest absolute Gasteiger partial charge is 0.0669 e. The summed E-state index contributed by atoms with van der Waals surface area (Å²) >= 11 is 2.01. The first-order valence-corrected chi connectivity index (χ1v) is 6.34. The summed E-state index contributed by atoms with van der Waals surface area (Å²) in [5.74, 6) is 2.48. The molecule has 1 saturated heterocycles. The SMILES string of the molecule is N#CCc1ccc(N[C@H]2CCSC2)cc1. The molecule has 0 amide bonds. The van der Waals surface area contributed by atoms with E-state index >= 15 is 0 Å². The predicted octanol–water partition coefficient (Wildman–Crippen LogP) is 2.67. The van der Waals surface area contributed by atoms with Gasteiger partial charge in [0, 0.05) is 17.5 Å². The highest BCUT2D eigenvalue weighted by atomic mass is 32.2. The minimum absolute atomic E-state index is 0.500. The van der Waals surface area contributed by atoms with Gasteiger partial charge in [0.05, 0.1) is 12.5 Å². The Labute approximate surface area is 94.7 Å². The summed E-state index contributed by atoms with van der Waals surface area (Å²) < 4.78 is 0. The van der Waals surface area contributed by atoms with Gasteiger partial charge in [-0.25, -0.2) is 0 Å². The van der Waals surface area contributed by atoms with E-state index in [4.69, 9.17) is 5.26 Å². The fourth-order valence-electron chi connectivity index (χ4n) is 1.69. The molecule has 2 nitrogen and oxygen atoms in total. The summed E-state index contributed by atoms with van der Waals surface area (Å²) in [5, 5.41) is 12.1. The molecule has 1 heterocycles. The van der Waals surface area contributed by atoms with Gasteiger partial charge in [0.1, 0.15) is 0 Å². The maximum atomic E-state index is 8.55. The Morgan fingerprint density at radius 1 is 1.40 bits per heavy atom. The van der Waals surface area contributed by atoms with Crippen LogP contribution in [0.5, 0.6) is 0 Å². The molecule has 0 aromatic heterocycles. The number of nitriles is 1. The predicted molar refractivity (Wildman–Crippen MR) is 65.1 cm³/mol. The molecule has 15 heavy (non-hydrogen) atoms. The third kappa shape index (κ3) is 2.90. The van der Waals surface area contributed by atoms with Crippen LogP contribution in [0.4, 0.5) is 5.69 Å². The second-order valence-corrected chi connectivity index (χ2v) is 4.89. The van der Waals surface area contributed by atoms with E-state index in [0.717, 1.165) is 5.56 Å². The summed E-state index contributed by atoms with van der Waals surface area (Å²) in [5.41, 5.74) is 2.26. The molecule has 1 aromatic rings. The minimum atomic E-state index is 0.500. The van der Waals surface area contributed by atoms with Gasteiger partial charge in [-0.3, -0.25) is 0 Å². The number of nitrogens with zero attached hydrogens (tertiary/aromatic N) is 1. The molecule has 0 unspecified atom stereocenters. The summed E-state index contributed by atoms with van der Waals surface area (Å²) in [7, 11) is 0. The number of rotatable bonds is 3. The maximum Gasteiger partial charge on any atom is 0.0669 e. The van der Waals surface area contributed by atoms with Gasteiger partial charge in [-0.2, -0.15) is 17.0 Å². The summed E-state index contributed by atoms with van der Waals surface area (Å²) in [6.07, 6.45) is 1.75. The molecule has 1 aliphatic heterocycles. The van der Waals surface area contributed by atoms with Crippen molar-refractivity contribution < 1.29 is 0 Å². The van der Waals surface area contributed by atoms with Crippen molar-refractivity contribution in [3.8, 4) is 6.07 Å². The lowest BCUT2D eigenvalue weighted by atomic mass is 10.1. The van der Waals surface area contributed by atoms with Crippen molar-refractivity contribution in [2.75, 3.05) is 16.8 Å². The van der Waals surface area contributed by atoms with Crippen LogP contribution in [0.1, 0.15) is 12.0 Å². The van der Waals surface area contributed by atoms with Gasteiger partial charge in [0.25, 0.3) is 0 Å². The van der Waals surface area contributed by atoms with Crippen LogP contribution in [0.25, 0.3) is 0 Å². The van der Waals surface area contributed by atoms with Crippen LogP contribution in [0.3, 0.4) is 0 Å². The van der Waals surface area contributed by atoms with Crippen LogP contribution in [-0.2, 0) is 6.42 Å². The molecule has 1 atom stereocenters. The first-order valence-electron chi connectivity index (χ1n) is 5.18. The molecule has 0 radical (unpaired) electrons. The van der Waals surface area contributed by atoms with Gasteiger partial charge in [-0.15, -0.1) is 0 Å². The van der Waals surface area contributed by atoms with E-state index in [9.17, 15) is 0 Å². The Kier molecular flexibility index (Phi) is 3.52. The highest BCUT2D eigenvalue weighted by Crippen LogP contribution is 2.21. The zero-order valence-electron chi connectivity index (χ0n) is 8.57. The lowest BCUT2D eigenvalue weighted by Gasteiger charge is -2.12. The molecule has 78 valence electrons. The van der Waals surface area contributed by atoms with Crippen LogP contribution in [0.2, 0.25) is 0 Å². The average molecular weight is 218 g/mol. The van der Waals surface area contributed by atoms with Gasteiger partial charge in [0.2, 0.25) is 0 Å². The van der Waals surface area contributed by atoms with Crippen molar-refractivity contribution in [1.29, 1.82) is 5.26 Å². The fourth-order valence-corrected chi connectivity index (χ4v) is 2.85. The highest BCUT2D eigenvalue weighted by Gasteiger charge is 2.14. The Morgan fingerprint density at radius 2 is 2.20 bits per heavy atom. The zero-order valence-corrected chi connectivity index (χ0v) is 9.39. The number of hydrogen-bond donors (Lipinski definition) is 1. The van der Waals surface area contributed by atoms with Crippen molar-refractivity contribution in [1.82, 2.24) is 0 Å². The minimum Gasteiger partial charge on any atom is -0.381 e. The second kappa shape index (κ2) is 5.09. The third-order valence-electron chi connectivity index (χ3n) is 2.54. The number of hydrogen-bond acceptors (Lipinski definition) is 3. The number of benzene rings is 1. The van der Waals surface area contributed by atoms with Gasteiger partial charge in [-0.05, 0) is 29.9 Å². The van der Waals surface area contributed by atoms with E-state index in [2.05, 4.69) is 23.5 Å². The molecule has 1 N–H and O–H groups in total. The van der Waals surface area contributed by atoms with Gasteiger partial charge in [0.15, 0.2) is 0 Å². The van der Waals surface area contributed by atoms with Crippen LogP contribution in [0, 0.1) is 11.3 Å². The molecule has 3 heteroatoms. The Morgan fingerprint density at radius 3 is 2.80 bits per heavy atom. The number of thioether (sulfide) groups is 1. The number of nitrogens with one attached hydrogen (secondary N) is 1. The normalized spacial score (nSPS) is 19.8. The lowest BCUT2D eigenvalue weighted by molar-refractivity contribution is 0.813. The van der Waals surface area contributed by atoms with E-state index in [-0.39, 0.29) is 0 Å². The quantitative estimate of drug-likeness (QED) is 0.847. The van der Waals surface area contributed by atoms with Crippen molar-refractivity contribution in [3.05, 3.63) is 29.8 Å². The molecule has 0 bridgehead atoms. The summed E-state index contributed by atoms with van der Waals surface area (Å²) in [4.78, 5) is 0. The van der Waals surface area contributed by atoms with Crippen molar-refractivity contribution >= 4 is 17.4 Å². The zero-order chi connectivity index (χ0) is 10.5. The standard InChI is InChI=1S/C12H14N2S/c13-7-5-10-1-3-11(4-2-10)14-12-6-8-15-9-12/h1-4,12,14H,5-6,8-9H2/t12-/m0/s1. The third-order valence-corrected chi connectivity index (χ3v) is 3.70. The lowest BCUT2D eigenvalue weighted by Crippen LogP contribution is -2.17. The average Bonchev–Trinajstić information content (AvgIpc) is 2.74. The monoisotopic (exact) mass is 218 g/mol. The van der Waals surface area contributed by atoms with Crippen molar-refractivity contribution in [2.24, 2.45) is 0 Å². The maximum absolute atomic E-state index is 8.55. The molecule has 0 spiro atoms. The summed E-state index contributed by atoms with van der Waals surface area (Å²) in [6, 6.07) is 10.9. The van der Waals surface area contributed by atoms with Crippen molar-refractivity contribution in [2.45, 2.75) is 18.9 Å². The molecule has 2 rings (SSSR count). The van der Waals surface area contributed by atoms with E-state index in [0.29, 0.717) is 12.5 Å². The largest absolute Gasteiger partial charge is 0.381 e. The van der Waals surface area contributed by atoms with Crippen LogP contribution in [-0.4, -0.2) is 17.5 Å². The van der Waals surface area contributed by atoms with E-state index in [1.807, 2.05) is 23.9 Å². The number of anilines is 1. The molecular weight excluding hydrogens is 204 g/mol. The Bertz CT molecular complexity index is 347. The van der Waals surface area contributed by atoms with Crippen LogP contribution in [0.15, 0.2) is 24.3 Å². The molecule has 0 saturated carbocycles. The van der Waals surface area contributed by atoms with Crippen LogP contribution >= 0.6 is 11.8 Å². The van der Waals surface area contributed by atoms with Gasteiger partial charge < -0.3 is 5.32 Å². The molecule has 0 aliphatic carbocycles. The highest BCUT2D eigenvalue weighted by molar-refractivity contribution is 7.99. The van der Waals surface area contributed by atoms with Crippen LogP contribution < -0.4 is 5.32 Å². The molecule has 1 aromatic carbocycles.